The van der Waals surface area contributed by atoms with Gasteiger partial charge in [0.15, 0.2) is 0 Å². The van der Waals surface area contributed by atoms with E-state index in [1.165, 1.54) is 30.3 Å². The molecule has 1 saturated heterocycles. The van der Waals surface area contributed by atoms with E-state index in [-0.39, 0.29) is 12.4 Å². The van der Waals surface area contributed by atoms with Crippen LogP contribution in [0.25, 0.3) is 11.0 Å². The summed E-state index contributed by atoms with van der Waals surface area (Å²) in [5.41, 5.74) is 8.60. The molecule has 4 rings (SSSR count). The molecule has 114 valence electrons. The Morgan fingerprint density at radius 3 is 2.86 bits per heavy atom. The minimum absolute atomic E-state index is 0. The average molecular weight is 307 g/mol. The lowest BCUT2D eigenvalue weighted by atomic mass is 9.98. The lowest BCUT2D eigenvalue weighted by molar-refractivity contribution is 0.297. The second-order valence-corrected chi connectivity index (χ2v) is 6.49. The number of halogens is 1. The average Bonchev–Trinajstić information content (AvgIpc) is 3.07. The van der Waals surface area contributed by atoms with Crippen LogP contribution in [0.3, 0.4) is 0 Å². The summed E-state index contributed by atoms with van der Waals surface area (Å²) in [6.45, 7) is 5.45. The molecule has 1 aromatic heterocycles. The maximum absolute atomic E-state index is 6.23. The first-order valence-corrected chi connectivity index (χ1v) is 7.67. The molecular weight excluding hydrogens is 284 g/mol. The van der Waals surface area contributed by atoms with E-state index < -0.39 is 0 Å². The van der Waals surface area contributed by atoms with Gasteiger partial charge in [-0.25, -0.2) is 0 Å². The molecular formula is C17H23ClN2O. The van der Waals surface area contributed by atoms with E-state index in [1.807, 2.05) is 6.07 Å². The number of rotatable bonds is 2. The Labute approximate surface area is 131 Å². The number of likely N-dealkylation sites (tertiary alicyclic amines) is 1. The highest BCUT2D eigenvalue weighted by Gasteiger charge is 2.40. The molecule has 3 atom stereocenters. The van der Waals surface area contributed by atoms with Gasteiger partial charge in [-0.05, 0) is 37.7 Å². The van der Waals surface area contributed by atoms with E-state index >= 15 is 0 Å². The summed E-state index contributed by atoms with van der Waals surface area (Å²) in [4.78, 5) is 2.57. The van der Waals surface area contributed by atoms with Gasteiger partial charge < -0.3 is 10.2 Å². The number of aryl methyl sites for hydroxylation is 1. The predicted octanol–water partition coefficient (Wildman–Crippen LogP) is 3.33. The van der Waals surface area contributed by atoms with Gasteiger partial charge in [0.25, 0.3) is 0 Å². The zero-order valence-electron chi connectivity index (χ0n) is 12.4. The molecule has 3 nitrogen and oxygen atoms in total. The number of benzene rings is 1. The molecule has 0 spiro atoms. The summed E-state index contributed by atoms with van der Waals surface area (Å²) >= 11 is 0. The molecule has 2 fully saturated rings. The Kier molecular flexibility index (Phi) is 4.00. The molecule has 1 aliphatic heterocycles. The van der Waals surface area contributed by atoms with Crippen molar-refractivity contribution in [2.75, 3.05) is 13.1 Å². The Bertz CT molecular complexity index is 639. The van der Waals surface area contributed by atoms with Crippen LogP contribution < -0.4 is 5.73 Å². The van der Waals surface area contributed by atoms with Crippen LogP contribution in [-0.4, -0.2) is 24.0 Å². The fourth-order valence-electron chi connectivity index (χ4n) is 4.17. The first-order valence-electron chi connectivity index (χ1n) is 7.67. The molecule has 3 unspecified atom stereocenters. The number of nitrogens with zero attached hydrogens (tertiary/aromatic N) is 1. The zero-order valence-corrected chi connectivity index (χ0v) is 13.2. The van der Waals surface area contributed by atoms with Gasteiger partial charge in [-0.3, -0.25) is 4.90 Å². The van der Waals surface area contributed by atoms with Crippen LogP contribution >= 0.6 is 12.4 Å². The van der Waals surface area contributed by atoms with Crippen LogP contribution in [0.2, 0.25) is 0 Å². The van der Waals surface area contributed by atoms with Gasteiger partial charge >= 0.3 is 0 Å². The van der Waals surface area contributed by atoms with Crippen molar-refractivity contribution in [1.82, 2.24) is 4.90 Å². The molecule has 21 heavy (non-hydrogen) atoms. The minimum atomic E-state index is 0. The largest absolute Gasteiger partial charge is 0.461 e. The van der Waals surface area contributed by atoms with Crippen LogP contribution in [0.4, 0.5) is 0 Å². The molecule has 0 bridgehead atoms. The molecule has 4 heteroatoms. The van der Waals surface area contributed by atoms with Gasteiger partial charge in [-0.2, -0.15) is 0 Å². The van der Waals surface area contributed by atoms with E-state index in [9.17, 15) is 0 Å². The molecule has 2 aliphatic rings. The number of fused-ring (bicyclic) bond motifs is 2. The summed E-state index contributed by atoms with van der Waals surface area (Å²) in [7, 11) is 0. The topological polar surface area (TPSA) is 42.4 Å². The SMILES string of the molecule is Cc1oc2ccccc2c1CN1CC2CCC(N)C2C1.Cl. The van der Waals surface area contributed by atoms with Crippen molar-refractivity contribution in [3.63, 3.8) is 0 Å². The minimum Gasteiger partial charge on any atom is -0.461 e. The summed E-state index contributed by atoms with van der Waals surface area (Å²) < 4.78 is 5.87. The molecule has 0 radical (unpaired) electrons. The van der Waals surface area contributed by atoms with Gasteiger partial charge in [0.05, 0.1) is 0 Å². The van der Waals surface area contributed by atoms with Gasteiger partial charge in [0.1, 0.15) is 11.3 Å². The third-order valence-electron chi connectivity index (χ3n) is 5.27. The van der Waals surface area contributed by atoms with E-state index in [2.05, 4.69) is 30.0 Å². The second-order valence-electron chi connectivity index (χ2n) is 6.49. The molecule has 1 aromatic carbocycles. The number of para-hydroxylation sites is 1. The smallest absolute Gasteiger partial charge is 0.134 e. The van der Waals surface area contributed by atoms with E-state index in [0.29, 0.717) is 12.0 Å². The van der Waals surface area contributed by atoms with Crippen molar-refractivity contribution < 1.29 is 4.42 Å². The molecule has 1 aliphatic carbocycles. The monoisotopic (exact) mass is 306 g/mol. The van der Waals surface area contributed by atoms with Gasteiger partial charge in [0.2, 0.25) is 0 Å². The van der Waals surface area contributed by atoms with Crippen molar-refractivity contribution >= 4 is 23.4 Å². The zero-order chi connectivity index (χ0) is 13.7. The Morgan fingerprint density at radius 1 is 1.24 bits per heavy atom. The van der Waals surface area contributed by atoms with Crippen molar-refractivity contribution in [1.29, 1.82) is 0 Å². The quantitative estimate of drug-likeness (QED) is 0.925. The third kappa shape index (κ3) is 2.48. The standard InChI is InChI=1S/C17H22N2O.ClH/c1-11-14(13-4-2-3-5-17(13)20-11)9-19-8-12-6-7-16(18)15(12)10-19;/h2-5,12,15-16H,6-10,18H2,1H3;1H. The third-order valence-corrected chi connectivity index (χ3v) is 5.27. The van der Waals surface area contributed by atoms with E-state index in [1.54, 1.807) is 0 Å². The van der Waals surface area contributed by atoms with Gasteiger partial charge in [-0.15, -0.1) is 12.4 Å². The number of hydrogen-bond donors (Lipinski definition) is 1. The molecule has 1 saturated carbocycles. The first-order chi connectivity index (χ1) is 9.72. The molecule has 2 heterocycles. The highest BCUT2D eigenvalue weighted by Crippen LogP contribution is 2.38. The van der Waals surface area contributed by atoms with Gasteiger partial charge in [-0.1, -0.05) is 18.2 Å². The van der Waals surface area contributed by atoms with Crippen LogP contribution in [0, 0.1) is 18.8 Å². The predicted molar refractivity (Wildman–Crippen MR) is 87.7 cm³/mol. The van der Waals surface area contributed by atoms with E-state index in [0.717, 1.165) is 30.4 Å². The summed E-state index contributed by atoms with van der Waals surface area (Å²) in [6.07, 6.45) is 2.53. The van der Waals surface area contributed by atoms with E-state index in [4.69, 9.17) is 10.2 Å². The lowest BCUT2D eigenvalue weighted by Crippen LogP contribution is -2.30. The van der Waals surface area contributed by atoms with Crippen molar-refractivity contribution in [3.05, 3.63) is 35.6 Å². The molecule has 2 aromatic rings. The lowest BCUT2D eigenvalue weighted by Gasteiger charge is -2.18. The number of furan rings is 1. The Hall–Kier alpha value is -1.03. The van der Waals surface area contributed by atoms with Crippen LogP contribution in [0.15, 0.2) is 28.7 Å². The molecule has 2 N–H and O–H groups in total. The highest BCUT2D eigenvalue weighted by molar-refractivity contribution is 5.85. The fourth-order valence-corrected chi connectivity index (χ4v) is 4.17. The van der Waals surface area contributed by atoms with Crippen molar-refractivity contribution in [3.8, 4) is 0 Å². The van der Waals surface area contributed by atoms with Gasteiger partial charge in [0, 0.05) is 36.6 Å². The number of hydrogen-bond acceptors (Lipinski definition) is 3. The van der Waals surface area contributed by atoms with Crippen molar-refractivity contribution in [2.45, 2.75) is 32.4 Å². The highest BCUT2D eigenvalue weighted by atomic mass is 35.5. The molecule has 0 amide bonds. The maximum atomic E-state index is 6.23. The normalized spacial score (nSPS) is 28.8. The Balaban J connectivity index is 0.00000132. The van der Waals surface area contributed by atoms with Crippen molar-refractivity contribution in [2.24, 2.45) is 17.6 Å². The Morgan fingerprint density at radius 2 is 2.05 bits per heavy atom. The van der Waals surface area contributed by atoms with Crippen LogP contribution in [0.1, 0.15) is 24.2 Å². The van der Waals surface area contributed by atoms with Crippen LogP contribution in [-0.2, 0) is 6.54 Å². The fraction of sp³-hybridized carbons (Fsp3) is 0.529. The first kappa shape index (κ1) is 14.9. The second kappa shape index (κ2) is 5.64. The number of nitrogens with two attached hydrogens (primary N) is 1. The summed E-state index contributed by atoms with van der Waals surface area (Å²) in [5, 5.41) is 1.27. The summed E-state index contributed by atoms with van der Waals surface area (Å²) in [6, 6.07) is 8.78. The van der Waals surface area contributed by atoms with Crippen LogP contribution in [0.5, 0.6) is 0 Å². The maximum Gasteiger partial charge on any atom is 0.134 e. The summed E-state index contributed by atoms with van der Waals surface area (Å²) in [5.74, 6) is 2.60.